The number of carboxylic acid groups (broad SMARTS) is 1. The van der Waals surface area contributed by atoms with Crippen molar-refractivity contribution in [3.8, 4) is 0 Å². The Morgan fingerprint density at radius 1 is 0.469 bits per heavy atom. The van der Waals surface area contributed by atoms with Crippen molar-refractivity contribution in [3.05, 3.63) is 0 Å². The Balaban J connectivity index is 0. The van der Waals surface area contributed by atoms with Gasteiger partial charge in [-0.25, -0.2) is 9.59 Å². The summed E-state index contributed by atoms with van der Waals surface area (Å²) in [7, 11) is 0. The molecule has 4 N–H and O–H groups in total. The number of hydrogen-bond acceptors (Lipinski definition) is 6. The van der Waals surface area contributed by atoms with Crippen LogP contribution in [0.1, 0.15) is 220 Å². The summed E-state index contributed by atoms with van der Waals surface area (Å²) < 4.78 is 10.5. The third-order valence-electron chi connectivity index (χ3n) is 9.08. The van der Waals surface area contributed by atoms with Crippen molar-refractivity contribution in [2.45, 2.75) is 232 Å². The van der Waals surface area contributed by atoms with Crippen LogP contribution in [0.5, 0.6) is 0 Å². The van der Waals surface area contributed by atoms with E-state index in [1.54, 1.807) is 0 Å². The van der Waals surface area contributed by atoms with Crippen LogP contribution in [0, 0.1) is 0 Å². The van der Waals surface area contributed by atoms with E-state index < -0.39 is 24.1 Å². The van der Waals surface area contributed by atoms with Crippen molar-refractivity contribution in [3.63, 3.8) is 0 Å². The zero-order valence-corrected chi connectivity index (χ0v) is 32.8. The summed E-state index contributed by atoms with van der Waals surface area (Å²) >= 11 is 0. The van der Waals surface area contributed by atoms with Gasteiger partial charge in [0.15, 0.2) is 0 Å². The maximum atomic E-state index is 11.9. The van der Waals surface area contributed by atoms with Gasteiger partial charge in [0.05, 0.1) is 13.2 Å². The number of amides is 1. The van der Waals surface area contributed by atoms with Crippen LogP contribution in [0.25, 0.3) is 0 Å². The van der Waals surface area contributed by atoms with Crippen molar-refractivity contribution >= 4 is 18.0 Å². The summed E-state index contributed by atoms with van der Waals surface area (Å²) in [5.74, 6) is -0.662. The highest BCUT2D eigenvalue weighted by Crippen LogP contribution is 2.13. The van der Waals surface area contributed by atoms with Crippen molar-refractivity contribution in [1.29, 1.82) is 0 Å². The number of esters is 2. The van der Waals surface area contributed by atoms with Gasteiger partial charge in [0.1, 0.15) is 12.1 Å². The first-order valence-electron chi connectivity index (χ1n) is 20.9. The van der Waals surface area contributed by atoms with E-state index in [1.807, 2.05) is 6.92 Å². The van der Waals surface area contributed by atoms with Crippen LogP contribution in [0.3, 0.4) is 0 Å². The SMILES string of the molecule is CCCCCCCCCCCCCCOC(=O)C(CCCC)NC(=O)O.CCCCCCCCCCCCCCOC(=O)C(N)CCCC. The van der Waals surface area contributed by atoms with Crippen LogP contribution < -0.4 is 11.1 Å². The molecule has 0 bridgehead atoms. The smallest absolute Gasteiger partial charge is 0.405 e. The molecule has 1 amide bonds. The Morgan fingerprint density at radius 2 is 0.776 bits per heavy atom. The van der Waals surface area contributed by atoms with Crippen LogP contribution in [0.4, 0.5) is 4.79 Å². The van der Waals surface area contributed by atoms with Crippen LogP contribution in [-0.2, 0) is 19.1 Å². The van der Waals surface area contributed by atoms with E-state index in [0.717, 1.165) is 57.8 Å². The monoisotopic (exact) mass is 699 g/mol. The van der Waals surface area contributed by atoms with Crippen LogP contribution >= 0.6 is 0 Å². The number of hydrogen-bond donors (Lipinski definition) is 3. The Bertz CT molecular complexity index is 720. The lowest BCUT2D eigenvalue weighted by atomic mass is 10.1. The predicted molar refractivity (Wildman–Crippen MR) is 206 cm³/mol. The molecular formula is C41H82N2O6. The van der Waals surface area contributed by atoms with E-state index in [1.165, 1.54) is 128 Å². The molecular weight excluding hydrogens is 616 g/mol. The molecule has 0 aliphatic rings. The standard InChI is InChI=1S/C21H41NO4.C20H41NO2/c1-3-5-7-8-9-10-11-12-13-14-15-16-18-26-20(23)19(17-6-4-2)22-21(24)25;1-3-5-7-8-9-10-11-12-13-14-15-16-18-23-20(22)19(21)17-6-4-2/h19,22H,3-18H2,1-2H3,(H,24,25);19H,3-18,21H2,1-2H3. The van der Waals surface area contributed by atoms with E-state index in [0.29, 0.717) is 19.6 Å². The maximum absolute atomic E-state index is 11.9. The maximum Gasteiger partial charge on any atom is 0.405 e. The number of carbonyl (C=O) groups excluding carboxylic acids is 2. The molecule has 2 atom stereocenters. The number of carbonyl (C=O) groups is 3. The Kier molecular flexibility index (Phi) is 40.8. The molecule has 0 saturated carbocycles. The van der Waals surface area contributed by atoms with Crippen LogP contribution in [0.2, 0.25) is 0 Å². The average molecular weight is 699 g/mol. The fourth-order valence-corrected chi connectivity index (χ4v) is 5.79. The fourth-order valence-electron chi connectivity index (χ4n) is 5.79. The molecule has 8 heteroatoms. The van der Waals surface area contributed by atoms with Gasteiger partial charge in [-0.05, 0) is 25.7 Å². The van der Waals surface area contributed by atoms with Gasteiger partial charge in [-0.2, -0.15) is 0 Å². The van der Waals surface area contributed by atoms with Gasteiger partial charge in [-0.15, -0.1) is 0 Å². The lowest BCUT2D eigenvalue weighted by Gasteiger charge is -2.15. The van der Waals surface area contributed by atoms with Crippen molar-refractivity contribution in [1.82, 2.24) is 5.32 Å². The molecule has 0 spiro atoms. The minimum absolute atomic E-state index is 0.221. The van der Waals surface area contributed by atoms with E-state index in [4.69, 9.17) is 20.3 Å². The minimum Gasteiger partial charge on any atom is -0.465 e. The number of nitrogens with two attached hydrogens (primary N) is 1. The van der Waals surface area contributed by atoms with Gasteiger partial charge in [0.2, 0.25) is 0 Å². The molecule has 0 aromatic rings. The fraction of sp³-hybridized carbons (Fsp3) is 0.927. The van der Waals surface area contributed by atoms with Crippen molar-refractivity contribution < 1.29 is 29.0 Å². The molecule has 0 aromatic heterocycles. The Morgan fingerprint density at radius 3 is 1.12 bits per heavy atom. The van der Waals surface area contributed by atoms with E-state index >= 15 is 0 Å². The van der Waals surface area contributed by atoms with Gasteiger partial charge in [-0.1, -0.05) is 195 Å². The first kappa shape index (κ1) is 49.3. The van der Waals surface area contributed by atoms with E-state index in [2.05, 4.69) is 26.1 Å². The first-order chi connectivity index (χ1) is 23.8. The Labute approximate surface area is 303 Å². The molecule has 0 aromatic carbocycles. The second-order valence-electron chi connectivity index (χ2n) is 14.0. The topological polar surface area (TPSA) is 128 Å². The van der Waals surface area contributed by atoms with Gasteiger partial charge in [0, 0.05) is 0 Å². The summed E-state index contributed by atoms with van der Waals surface area (Å²) in [5.41, 5.74) is 5.78. The summed E-state index contributed by atoms with van der Waals surface area (Å²) in [4.78, 5) is 34.3. The van der Waals surface area contributed by atoms with E-state index in [-0.39, 0.29) is 5.97 Å². The molecule has 49 heavy (non-hydrogen) atoms. The zero-order valence-electron chi connectivity index (χ0n) is 32.8. The molecule has 0 aliphatic carbocycles. The van der Waals surface area contributed by atoms with Crippen LogP contribution in [0.15, 0.2) is 0 Å². The Hall–Kier alpha value is -1.83. The molecule has 0 heterocycles. The quantitative estimate of drug-likeness (QED) is 0.0444. The molecule has 0 saturated heterocycles. The molecule has 0 radical (unpaired) electrons. The second-order valence-corrected chi connectivity index (χ2v) is 14.0. The molecule has 0 rings (SSSR count). The lowest BCUT2D eigenvalue weighted by molar-refractivity contribution is -0.146. The highest BCUT2D eigenvalue weighted by Gasteiger charge is 2.21. The summed E-state index contributed by atoms with van der Waals surface area (Å²) in [5, 5.41) is 11.1. The molecule has 2 unspecified atom stereocenters. The van der Waals surface area contributed by atoms with Gasteiger partial charge < -0.3 is 25.6 Å². The highest BCUT2D eigenvalue weighted by molar-refractivity contribution is 5.80. The third-order valence-corrected chi connectivity index (χ3v) is 9.08. The number of ether oxygens (including phenoxy) is 2. The summed E-state index contributed by atoms with van der Waals surface area (Å²) in [6.07, 6.45) is 34.9. The number of unbranched alkanes of at least 4 members (excludes halogenated alkanes) is 24. The van der Waals surface area contributed by atoms with Crippen molar-refractivity contribution in [2.75, 3.05) is 13.2 Å². The number of nitrogens with one attached hydrogen (secondary N) is 1. The van der Waals surface area contributed by atoms with Gasteiger partial charge in [-0.3, -0.25) is 4.79 Å². The van der Waals surface area contributed by atoms with Gasteiger partial charge >= 0.3 is 18.0 Å². The van der Waals surface area contributed by atoms with Gasteiger partial charge in [0.25, 0.3) is 0 Å². The summed E-state index contributed by atoms with van der Waals surface area (Å²) in [6.45, 7) is 9.55. The molecule has 8 nitrogen and oxygen atoms in total. The zero-order chi connectivity index (χ0) is 36.6. The predicted octanol–water partition coefficient (Wildman–Crippen LogP) is 11.8. The molecule has 0 aliphatic heterocycles. The number of rotatable bonds is 35. The van der Waals surface area contributed by atoms with Crippen LogP contribution in [-0.4, -0.2) is 48.4 Å². The second kappa shape index (κ2) is 40.6. The molecule has 0 fully saturated rings. The first-order valence-corrected chi connectivity index (χ1v) is 20.9. The summed E-state index contributed by atoms with van der Waals surface area (Å²) in [6, 6.07) is -1.16. The van der Waals surface area contributed by atoms with Crippen molar-refractivity contribution in [2.24, 2.45) is 5.73 Å². The molecule has 292 valence electrons. The highest BCUT2D eigenvalue weighted by atomic mass is 16.5. The average Bonchev–Trinajstić information content (AvgIpc) is 3.09. The minimum atomic E-state index is -1.17. The lowest BCUT2D eigenvalue weighted by Crippen LogP contribution is -2.41. The normalized spacial score (nSPS) is 12.1. The van der Waals surface area contributed by atoms with E-state index in [9.17, 15) is 14.4 Å². The third kappa shape index (κ3) is 38.8. The largest absolute Gasteiger partial charge is 0.465 e.